The predicted molar refractivity (Wildman–Crippen MR) is 88.4 cm³/mol. The van der Waals surface area contributed by atoms with Crippen molar-refractivity contribution in [1.82, 2.24) is 0 Å². The molecule has 2 aliphatic carbocycles. The third kappa shape index (κ3) is 3.34. The number of rotatable bonds is 3. The lowest BCUT2D eigenvalue weighted by molar-refractivity contribution is 0.0359. The molecule has 0 aromatic heterocycles. The minimum absolute atomic E-state index is 0.146. The fourth-order valence-electron chi connectivity index (χ4n) is 4.81. The summed E-state index contributed by atoms with van der Waals surface area (Å²) in [5, 5.41) is 10.8. The lowest BCUT2D eigenvalue weighted by Gasteiger charge is -2.41. The average molecular weight is 286 g/mol. The summed E-state index contributed by atoms with van der Waals surface area (Å²) < 4.78 is 0. The van der Waals surface area contributed by atoms with Crippen LogP contribution in [0.5, 0.6) is 0 Å². The fraction of sp³-hybridized carbons (Fsp3) is 0.700. The number of aliphatic hydroxyl groups excluding tert-OH is 1. The summed E-state index contributed by atoms with van der Waals surface area (Å²) in [4.78, 5) is 0. The molecule has 2 saturated carbocycles. The first-order chi connectivity index (χ1) is 10.1. The van der Waals surface area contributed by atoms with Gasteiger partial charge in [-0.1, -0.05) is 43.9 Å². The summed E-state index contributed by atoms with van der Waals surface area (Å²) >= 11 is 0. The van der Waals surface area contributed by atoms with Gasteiger partial charge in [-0.2, -0.15) is 0 Å². The van der Waals surface area contributed by atoms with Crippen molar-refractivity contribution >= 4 is 0 Å². The summed E-state index contributed by atoms with van der Waals surface area (Å²) in [6.07, 6.45) is 10.3. The van der Waals surface area contributed by atoms with Gasteiger partial charge in [0.2, 0.25) is 0 Å². The molecule has 0 radical (unpaired) electrons. The number of hydrogen-bond donors (Lipinski definition) is 1. The minimum Gasteiger partial charge on any atom is -0.392 e. The standard InChI is InChI=1S/C20H30O/c1-14-6-5-7-15(2)19(14)13-20(21)18-11-10-16-8-3-4-9-17(16)12-18/h5-7,16-18,20-21H,3-4,8-13H2,1-2H3. The maximum Gasteiger partial charge on any atom is 0.0609 e. The smallest absolute Gasteiger partial charge is 0.0609 e. The second kappa shape index (κ2) is 6.52. The molecule has 1 heteroatoms. The normalized spacial score (nSPS) is 30.7. The van der Waals surface area contributed by atoms with E-state index in [1.165, 1.54) is 61.6 Å². The molecule has 0 amide bonds. The molecule has 0 spiro atoms. The summed E-state index contributed by atoms with van der Waals surface area (Å²) in [7, 11) is 0. The van der Waals surface area contributed by atoms with Gasteiger partial charge in [0, 0.05) is 0 Å². The van der Waals surface area contributed by atoms with Crippen LogP contribution in [0.2, 0.25) is 0 Å². The van der Waals surface area contributed by atoms with E-state index in [2.05, 4.69) is 32.0 Å². The van der Waals surface area contributed by atoms with Crippen LogP contribution < -0.4 is 0 Å². The second-order valence-electron chi connectivity index (χ2n) is 7.52. The van der Waals surface area contributed by atoms with Crippen molar-refractivity contribution in [2.75, 3.05) is 0 Å². The van der Waals surface area contributed by atoms with Crippen LogP contribution >= 0.6 is 0 Å². The van der Waals surface area contributed by atoms with Gasteiger partial charge < -0.3 is 5.11 Å². The first-order valence-corrected chi connectivity index (χ1v) is 8.88. The highest BCUT2D eigenvalue weighted by Gasteiger charge is 2.34. The van der Waals surface area contributed by atoms with E-state index in [0.29, 0.717) is 5.92 Å². The van der Waals surface area contributed by atoms with Crippen LogP contribution in [0.25, 0.3) is 0 Å². The molecule has 116 valence electrons. The molecule has 0 heterocycles. The van der Waals surface area contributed by atoms with E-state index in [0.717, 1.165) is 18.3 Å². The molecule has 1 aromatic rings. The summed E-state index contributed by atoms with van der Waals surface area (Å²) in [6, 6.07) is 6.47. The molecule has 2 fully saturated rings. The van der Waals surface area contributed by atoms with Crippen LogP contribution in [0.15, 0.2) is 18.2 Å². The third-order valence-electron chi connectivity index (χ3n) is 6.18. The summed E-state index contributed by atoms with van der Waals surface area (Å²) in [5.74, 6) is 2.41. The van der Waals surface area contributed by atoms with Crippen LogP contribution in [0.3, 0.4) is 0 Å². The zero-order valence-electron chi connectivity index (χ0n) is 13.6. The first-order valence-electron chi connectivity index (χ1n) is 8.88. The Morgan fingerprint density at radius 3 is 2.38 bits per heavy atom. The van der Waals surface area contributed by atoms with Crippen LogP contribution in [0, 0.1) is 31.6 Å². The molecule has 2 aliphatic rings. The third-order valence-corrected chi connectivity index (χ3v) is 6.18. The van der Waals surface area contributed by atoms with Crippen molar-refractivity contribution in [3.63, 3.8) is 0 Å². The first kappa shape index (κ1) is 15.1. The Balaban J connectivity index is 1.64. The Morgan fingerprint density at radius 1 is 1.00 bits per heavy atom. The van der Waals surface area contributed by atoms with Gasteiger partial charge in [0.05, 0.1) is 6.10 Å². The van der Waals surface area contributed by atoms with Crippen molar-refractivity contribution in [2.45, 2.75) is 71.3 Å². The zero-order valence-corrected chi connectivity index (χ0v) is 13.6. The molecule has 3 rings (SSSR count). The molecule has 0 saturated heterocycles. The number of aliphatic hydroxyl groups is 1. The maximum atomic E-state index is 10.8. The Kier molecular flexibility index (Phi) is 4.69. The van der Waals surface area contributed by atoms with Crippen LogP contribution in [-0.4, -0.2) is 11.2 Å². The Labute approximate surface area is 129 Å². The average Bonchev–Trinajstić information content (AvgIpc) is 2.50. The highest BCUT2D eigenvalue weighted by atomic mass is 16.3. The lowest BCUT2D eigenvalue weighted by Crippen LogP contribution is -2.34. The molecule has 4 atom stereocenters. The van der Waals surface area contributed by atoms with E-state index in [4.69, 9.17) is 0 Å². The highest BCUT2D eigenvalue weighted by Crippen LogP contribution is 2.44. The van der Waals surface area contributed by atoms with Crippen molar-refractivity contribution in [3.05, 3.63) is 34.9 Å². The van der Waals surface area contributed by atoms with Gasteiger partial charge in [-0.3, -0.25) is 0 Å². The van der Waals surface area contributed by atoms with Crippen LogP contribution in [0.1, 0.15) is 61.6 Å². The van der Waals surface area contributed by atoms with Crippen molar-refractivity contribution in [1.29, 1.82) is 0 Å². The number of benzene rings is 1. The number of aryl methyl sites for hydroxylation is 2. The van der Waals surface area contributed by atoms with Crippen molar-refractivity contribution < 1.29 is 5.11 Å². The maximum absolute atomic E-state index is 10.8. The number of hydrogen-bond acceptors (Lipinski definition) is 1. The number of fused-ring (bicyclic) bond motifs is 1. The van der Waals surface area contributed by atoms with Gasteiger partial charge in [0.25, 0.3) is 0 Å². The molecule has 0 aliphatic heterocycles. The van der Waals surface area contributed by atoms with Crippen LogP contribution in [-0.2, 0) is 6.42 Å². The molecule has 21 heavy (non-hydrogen) atoms. The molecule has 0 bridgehead atoms. The molecular weight excluding hydrogens is 256 g/mol. The van der Waals surface area contributed by atoms with E-state index in [1.54, 1.807) is 0 Å². The topological polar surface area (TPSA) is 20.2 Å². The van der Waals surface area contributed by atoms with Gasteiger partial charge in [0.1, 0.15) is 0 Å². The molecule has 4 unspecified atom stereocenters. The van der Waals surface area contributed by atoms with E-state index < -0.39 is 0 Å². The molecular formula is C20H30O. The summed E-state index contributed by atoms with van der Waals surface area (Å²) in [6.45, 7) is 4.35. The fourth-order valence-corrected chi connectivity index (χ4v) is 4.81. The summed E-state index contributed by atoms with van der Waals surface area (Å²) in [5.41, 5.74) is 4.04. The van der Waals surface area contributed by atoms with Gasteiger partial charge in [-0.25, -0.2) is 0 Å². The van der Waals surface area contributed by atoms with E-state index >= 15 is 0 Å². The quantitative estimate of drug-likeness (QED) is 0.845. The van der Waals surface area contributed by atoms with Crippen LogP contribution in [0.4, 0.5) is 0 Å². The van der Waals surface area contributed by atoms with Crippen molar-refractivity contribution in [2.24, 2.45) is 17.8 Å². The highest BCUT2D eigenvalue weighted by molar-refractivity contribution is 5.34. The Hall–Kier alpha value is -0.820. The molecule has 1 aromatic carbocycles. The van der Waals surface area contributed by atoms with Gasteiger partial charge in [0.15, 0.2) is 0 Å². The molecule has 1 N–H and O–H groups in total. The SMILES string of the molecule is Cc1cccc(C)c1CC(O)C1CCC2CCCCC2C1. The van der Waals surface area contributed by atoms with E-state index in [1.807, 2.05) is 0 Å². The van der Waals surface area contributed by atoms with Gasteiger partial charge in [-0.15, -0.1) is 0 Å². The van der Waals surface area contributed by atoms with E-state index in [-0.39, 0.29) is 6.10 Å². The monoisotopic (exact) mass is 286 g/mol. The predicted octanol–water partition coefficient (Wildman–Crippen LogP) is 4.81. The Bertz CT molecular complexity index is 458. The Morgan fingerprint density at radius 2 is 1.67 bits per heavy atom. The lowest BCUT2D eigenvalue weighted by atomic mass is 9.66. The molecule has 1 nitrogen and oxygen atoms in total. The zero-order chi connectivity index (χ0) is 14.8. The minimum atomic E-state index is -0.146. The van der Waals surface area contributed by atoms with E-state index in [9.17, 15) is 5.11 Å². The van der Waals surface area contributed by atoms with Gasteiger partial charge in [-0.05, 0) is 74.0 Å². The van der Waals surface area contributed by atoms with Gasteiger partial charge >= 0.3 is 0 Å². The second-order valence-corrected chi connectivity index (χ2v) is 7.52. The largest absolute Gasteiger partial charge is 0.392 e. The van der Waals surface area contributed by atoms with Crippen molar-refractivity contribution in [3.8, 4) is 0 Å².